The van der Waals surface area contributed by atoms with E-state index in [0.29, 0.717) is 10.0 Å². The number of rotatable bonds is 2. The molecule has 0 saturated carbocycles. The molecule has 0 unspecified atom stereocenters. The Kier molecular flexibility index (Phi) is 5.48. The summed E-state index contributed by atoms with van der Waals surface area (Å²) in [6, 6.07) is 3.82. The molecule has 0 heterocycles. The number of hydrogen-bond donors (Lipinski definition) is 2. The number of nitrogens with two attached hydrogens (primary N) is 1. The van der Waals surface area contributed by atoms with Gasteiger partial charge in [0.2, 0.25) is 0 Å². The summed E-state index contributed by atoms with van der Waals surface area (Å²) in [5.41, 5.74) is 6.08. The third kappa shape index (κ3) is 3.60. The summed E-state index contributed by atoms with van der Waals surface area (Å²) in [7, 11) is 0. The Morgan fingerprint density at radius 3 is 2.54 bits per heavy atom. The van der Waals surface area contributed by atoms with Gasteiger partial charge in [0.05, 0.1) is 12.6 Å². The third-order valence-electron chi connectivity index (χ3n) is 1.51. The summed E-state index contributed by atoms with van der Waals surface area (Å²) in [4.78, 5) is 0. The molecular weight excluding hydrogens is 260 g/mol. The van der Waals surface area contributed by atoms with E-state index in [2.05, 4.69) is 15.9 Å². The molecule has 74 valence electrons. The topological polar surface area (TPSA) is 46.2 Å². The lowest BCUT2D eigenvalue weighted by atomic mass is 10.1. The molecule has 0 aliphatic rings. The maximum absolute atomic E-state index is 12.8. The highest BCUT2D eigenvalue weighted by Gasteiger charge is 2.06. The Morgan fingerprint density at radius 2 is 2.08 bits per heavy atom. The van der Waals surface area contributed by atoms with Crippen molar-refractivity contribution < 1.29 is 9.50 Å². The number of benzene rings is 1. The number of aliphatic hydroxyl groups excluding tert-OH is 1. The Bertz CT molecular complexity index is 265. The van der Waals surface area contributed by atoms with Crippen LogP contribution in [0.5, 0.6) is 0 Å². The second-order valence-electron chi connectivity index (χ2n) is 2.49. The van der Waals surface area contributed by atoms with Gasteiger partial charge in [-0.05, 0) is 23.8 Å². The van der Waals surface area contributed by atoms with Crippen molar-refractivity contribution in [1.82, 2.24) is 0 Å². The van der Waals surface area contributed by atoms with Crippen LogP contribution in [0, 0.1) is 5.82 Å². The van der Waals surface area contributed by atoms with Crippen molar-refractivity contribution in [3.05, 3.63) is 34.1 Å². The first-order chi connectivity index (χ1) is 5.63. The van der Waals surface area contributed by atoms with Gasteiger partial charge in [-0.1, -0.05) is 15.9 Å². The summed E-state index contributed by atoms with van der Waals surface area (Å²) in [6.07, 6.45) is 0. The van der Waals surface area contributed by atoms with Crippen molar-refractivity contribution in [1.29, 1.82) is 0 Å². The summed E-state index contributed by atoms with van der Waals surface area (Å²) in [6.45, 7) is -0.185. The lowest BCUT2D eigenvalue weighted by molar-refractivity contribution is 0.267. The first-order valence-electron chi connectivity index (χ1n) is 3.46. The van der Waals surface area contributed by atoms with Crippen LogP contribution in [-0.2, 0) is 0 Å². The van der Waals surface area contributed by atoms with Crippen molar-refractivity contribution in [3.8, 4) is 0 Å². The quantitative estimate of drug-likeness (QED) is 0.863. The van der Waals surface area contributed by atoms with E-state index in [1.54, 1.807) is 6.07 Å². The Hall–Kier alpha value is -0.160. The van der Waals surface area contributed by atoms with Crippen LogP contribution in [0.4, 0.5) is 4.39 Å². The number of hydrogen-bond acceptors (Lipinski definition) is 2. The normalized spacial score (nSPS) is 12.0. The van der Waals surface area contributed by atoms with Gasteiger partial charge in [0.25, 0.3) is 0 Å². The van der Waals surface area contributed by atoms with E-state index >= 15 is 0 Å². The molecule has 1 atom stereocenters. The minimum atomic E-state index is -0.517. The Balaban J connectivity index is 0.00000144. The first-order valence-corrected chi connectivity index (χ1v) is 4.25. The third-order valence-corrected chi connectivity index (χ3v) is 1.97. The fourth-order valence-electron chi connectivity index (χ4n) is 0.895. The van der Waals surface area contributed by atoms with E-state index in [1.807, 2.05) is 0 Å². The molecule has 1 aromatic carbocycles. The van der Waals surface area contributed by atoms with Crippen LogP contribution < -0.4 is 5.73 Å². The maximum Gasteiger partial charge on any atom is 0.124 e. The van der Waals surface area contributed by atoms with Gasteiger partial charge in [-0.3, -0.25) is 0 Å². The predicted octanol–water partition coefficient (Wildman–Crippen LogP) is 2.00. The molecule has 0 aliphatic carbocycles. The van der Waals surface area contributed by atoms with Gasteiger partial charge in [-0.15, -0.1) is 12.4 Å². The molecule has 2 nitrogen and oxygen atoms in total. The average molecular weight is 271 g/mol. The van der Waals surface area contributed by atoms with Gasteiger partial charge >= 0.3 is 0 Å². The molecule has 0 amide bonds. The molecule has 1 aromatic rings. The Morgan fingerprint density at radius 1 is 1.46 bits per heavy atom. The highest BCUT2D eigenvalue weighted by atomic mass is 79.9. The molecule has 0 radical (unpaired) electrons. The fraction of sp³-hybridized carbons (Fsp3) is 0.250. The van der Waals surface area contributed by atoms with Crippen LogP contribution in [0.3, 0.4) is 0 Å². The first kappa shape index (κ1) is 12.8. The van der Waals surface area contributed by atoms with Crippen LogP contribution in [0.1, 0.15) is 11.6 Å². The largest absolute Gasteiger partial charge is 0.394 e. The predicted molar refractivity (Wildman–Crippen MR) is 55.4 cm³/mol. The molecule has 0 spiro atoms. The van der Waals surface area contributed by atoms with Crippen molar-refractivity contribution in [3.63, 3.8) is 0 Å². The standard InChI is InChI=1S/C8H9BrFNO.ClH/c9-6-1-5(8(11)4-12)2-7(10)3-6;/h1-3,8,12H,4,11H2;1H/t8-;/m0./s1. The molecular formula is C8H10BrClFNO. The lowest BCUT2D eigenvalue weighted by Crippen LogP contribution is -2.14. The Labute approximate surface area is 90.5 Å². The number of halogens is 3. The summed E-state index contributed by atoms with van der Waals surface area (Å²) < 4.78 is 13.4. The van der Waals surface area contributed by atoms with E-state index in [-0.39, 0.29) is 24.8 Å². The zero-order valence-electron chi connectivity index (χ0n) is 6.71. The molecule has 0 aromatic heterocycles. The van der Waals surface area contributed by atoms with Crippen LogP contribution in [-0.4, -0.2) is 11.7 Å². The molecule has 13 heavy (non-hydrogen) atoms. The second-order valence-corrected chi connectivity index (χ2v) is 3.41. The van der Waals surface area contributed by atoms with Crippen molar-refractivity contribution in [2.75, 3.05) is 6.61 Å². The lowest BCUT2D eigenvalue weighted by Gasteiger charge is -2.08. The van der Waals surface area contributed by atoms with Crippen LogP contribution in [0.15, 0.2) is 22.7 Å². The van der Waals surface area contributed by atoms with Gasteiger partial charge in [0, 0.05) is 4.47 Å². The highest BCUT2D eigenvalue weighted by Crippen LogP contribution is 2.18. The molecule has 1 rings (SSSR count). The fourth-order valence-corrected chi connectivity index (χ4v) is 1.38. The SMILES string of the molecule is Cl.N[C@@H](CO)c1cc(F)cc(Br)c1. The van der Waals surface area contributed by atoms with Gasteiger partial charge in [0.15, 0.2) is 0 Å². The highest BCUT2D eigenvalue weighted by molar-refractivity contribution is 9.10. The van der Waals surface area contributed by atoms with E-state index in [1.165, 1.54) is 12.1 Å². The smallest absolute Gasteiger partial charge is 0.124 e. The van der Waals surface area contributed by atoms with Crippen LogP contribution >= 0.6 is 28.3 Å². The van der Waals surface area contributed by atoms with Crippen molar-refractivity contribution >= 4 is 28.3 Å². The van der Waals surface area contributed by atoms with Crippen LogP contribution in [0.2, 0.25) is 0 Å². The molecule has 0 aliphatic heterocycles. The molecule has 0 fully saturated rings. The van der Waals surface area contributed by atoms with Crippen molar-refractivity contribution in [2.24, 2.45) is 5.73 Å². The maximum atomic E-state index is 12.8. The summed E-state index contributed by atoms with van der Waals surface area (Å²) in [5, 5.41) is 8.71. The summed E-state index contributed by atoms with van der Waals surface area (Å²) in [5.74, 6) is -0.358. The van der Waals surface area contributed by atoms with E-state index in [9.17, 15) is 4.39 Å². The van der Waals surface area contributed by atoms with E-state index in [4.69, 9.17) is 10.8 Å². The summed E-state index contributed by atoms with van der Waals surface area (Å²) >= 11 is 3.13. The zero-order chi connectivity index (χ0) is 9.14. The number of aliphatic hydroxyl groups is 1. The van der Waals surface area contributed by atoms with Crippen LogP contribution in [0.25, 0.3) is 0 Å². The van der Waals surface area contributed by atoms with Gasteiger partial charge < -0.3 is 10.8 Å². The van der Waals surface area contributed by atoms with Crippen molar-refractivity contribution in [2.45, 2.75) is 6.04 Å². The minimum absolute atomic E-state index is 0. The second kappa shape index (κ2) is 5.54. The van der Waals surface area contributed by atoms with E-state index < -0.39 is 6.04 Å². The zero-order valence-corrected chi connectivity index (χ0v) is 9.11. The van der Waals surface area contributed by atoms with E-state index in [0.717, 1.165) is 0 Å². The van der Waals surface area contributed by atoms with Gasteiger partial charge in [-0.2, -0.15) is 0 Å². The molecule has 0 saturated heterocycles. The average Bonchev–Trinajstić information content (AvgIpc) is 2.01. The monoisotopic (exact) mass is 269 g/mol. The van der Waals surface area contributed by atoms with Gasteiger partial charge in [-0.25, -0.2) is 4.39 Å². The molecule has 0 bridgehead atoms. The molecule has 3 N–H and O–H groups in total. The minimum Gasteiger partial charge on any atom is -0.394 e. The van der Waals surface area contributed by atoms with Gasteiger partial charge in [0.1, 0.15) is 5.82 Å². The molecule has 5 heteroatoms.